The van der Waals surface area contributed by atoms with Crippen LogP contribution in [0.1, 0.15) is 42.0 Å². The Hall–Kier alpha value is -4.28. The summed E-state index contributed by atoms with van der Waals surface area (Å²) in [6.07, 6.45) is -1.57. The Morgan fingerprint density at radius 1 is 1.05 bits per heavy atom. The summed E-state index contributed by atoms with van der Waals surface area (Å²) in [7, 11) is 0. The molecular weight excluding hydrogens is 516 g/mol. The number of aryl methyl sites for hydroxylation is 1. The van der Waals surface area contributed by atoms with Gasteiger partial charge in [-0.25, -0.2) is 13.9 Å². The summed E-state index contributed by atoms with van der Waals surface area (Å²) in [5, 5.41) is 16.9. The average Bonchev–Trinajstić information content (AvgIpc) is 3.28. The van der Waals surface area contributed by atoms with E-state index in [1.54, 1.807) is 4.52 Å². The molecule has 1 amide bonds. The van der Waals surface area contributed by atoms with Crippen LogP contribution in [0, 0.1) is 24.6 Å². The lowest BCUT2D eigenvalue weighted by molar-refractivity contribution is -0.148. The first-order chi connectivity index (χ1) is 18.5. The fraction of sp³-hybridized carbons (Fsp3) is 0.286. The molecule has 11 heteroatoms. The van der Waals surface area contributed by atoms with E-state index in [1.165, 1.54) is 0 Å². The molecule has 202 valence electrons. The molecule has 0 aliphatic heterocycles. The topological polar surface area (TPSA) is 96.6 Å². The predicted octanol–water partition coefficient (Wildman–Crippen LogP) is 6.09. The zero-order chi connectivity index (χ0) is 27.9. The van der Waals surface area contributed by atoms with Crippen LogP contribution < -0.4 is 5.32 Å². The lowest BCUT2D eigenvalue weighted by Gasteiger charge is -2.35. The third-order valence-corrected chi connectivity index (χ3v) is 7.15. The maximum Gasteiger partial charge on any atom is 0.416 e. The minimum Gasteiger partial charge on any atom is -0.481 e. The van der Waals surface area contributed by atoms with Gasteiger partial charge in [0.15, 0.2) is 5.65 Å². The first-order valence-corrected chi connectivity index (χ1v) is 12.3. The number of rotatable bonds is 5. The van der Waals surface area contributed by atoms with E-state index in [9.17, 15) is 32.3 Å². The van der Waals surface area contributed by atoms with Crippen LogP contribution in [0.2, 0.25) is 0 Å². The second-order valence-electron chi connectivity index (χ2n) is 9.72. The molecule has 2 N–H and O–H groups in total. The maximum absolute atomic E-state index is 14.3. The van der Waals surface area contributed by atoms with Gasteiger partial charge in [0, 0.05) is 5.56 Å². The van der Waals surface area contributed by atoms with Crippen LogP contribution in [0.3, 0.4) is 0 Å². The van der Waals surface area contributed by atoms with Gasteiger partial charge in [0.05, 0.1) is 40.7 Å². The van der Waals surface area contributed by atoms with Crippen molar-refractivity contribution in [3.05, 3.63) is 83.4 Å². The lowest BCUT2D eigenvalue weighted by atomic mass is 9.69. The molecule has 1 saturated carbocycles. The molecule has 4 aromatic rings. The van der Waals surface area contributed by atoms with Crippen LogP contribution in [0.15, 0.2) is 60.8 Å². The van der Waals surface area contributed by atoms with Crippen molar-refractivity contribution in [3.8, 4) is 11.3 Å². The Balaban J connectivity index is 1.36. The van der Waals surface area contributed by atoms with Gasteiger partial charge in [-0.2, -0.15) is 18.3 Å². The summed E-state index contributed by atoms with van der Waals surface area (Å²) in [4.78, 5) is 29.8. The number of benzene rings is 2. The molecule has 0 saturated heterocycles. The minimum absolute atomic E-state index is 0.258. The van der Waals surface area contributed by atoms with E-state index in [1.807, 2.05) is 49.5 Å². The molecule has 7 nitrogen and oxygen atoms in total. The molecule has 1 fully saturated rings. The number of carboxylic acids is 1. The first-order valence-electron chi connectivity index (χ1n) is 12.3. The van der Waals surface area contributed by atoms with Crippen molar-refractivity contribution < 1.29 is 32.3 Å². The minimum atomic E-state index is -4.73. The number of nitrogens with zero attached hydrogens (tertiary/aromatic N) is 3. The van der Waals surface area contributed by atoms with Gasteiger partial charge in [-0.05, 0) is 61.6 Å². The molecule has 1 aliphatic carbocycles. The number of carbonyl (C=O) groups excluding carboxylic acids is 1. The number of hydrogen-bond acceptors (Lipinski definition) is 4. The van der Waals surface area contributed by atoms with Gasteiger partial charge in [0.2, 0.25) is 5.91 Å². The smallest absolute Gasteiger partial charge is 0.416 e. The summed E-state index contributed by atoms with van der Waals surface area (Å²) in [6, 6.07) is 12.8. The van der Waals surface area contributed by atoms with Crippen LogP contribution in [0.25, 0.3) is 16.9 Å². The zero-order valence-electron chi connectivity index (χ0n) is 20.7. The van der Waals surface area contributed by atoms with Crippen molar-refractivity contribution in [2.24, 2.45) is 11.8 Å². The van der Waals surface area contributed by atoms with E-state index in [4.69, 9.17) is 0 Å². The van der Waals surface area contributed by atoms with Gasteiger partial charge in [0.1, 0.15) is 5.82 Å². The zero-order valence-corrected chi connectivity index (χ0v) is 20.7. The molecular formula is C28H24F4N4O3. The third kappa shape index (κ3) is 5.34. The van der Waals surface area contributed by atoms with E-state index in [0.717, 1.165) is 28.5 Å². The number of alkyl halides is 3. The van der Waals surface area contributed by atoms with Crippen molar-refractivity contribution in [1.29, 1.82) is 0 Å². The SMILES string of the molecule is Cc1cn2nc(-c3ccc([C@H]4CCC[C@@H](C(=O)Nc5ccc(C(F)(F)F)cc5F)[C@@H]4C(=O)O)cc3)ccc2n1. The van der Waals surface area contributed by atoms with Crippen LogP contribution in [0.5, 0.6) is 0 Å². The van der Waals surface area contributed by atoms with E-state index in [2.05, 4.69) is 15.4 Å². The van der Waals surface area contributed by atoms with E-state index in [0.29, 0.717) is 30.7 Å². The number of anilines is 1. The second-order valence-corrected chi connectivity index (χ2v) is 9.72. The summed E-state index contributed by atoms with van der Waals surface area (Å²) in [5.41, 5.74) is 2.22. The molecule has 0 bridgehead atoms. The highest BCUT2D eigenvalue weighted by Gasteiger charge is 2.43. The highest BCUT2D eigenvalue weighted by Crippen LogP contribution is 2.43. The second kappa shape index (κ2) is 10.1. The lowest BCUT2D eigenvalue weighted by Crippen LogP contribution is -2.40. The van der Waals surface area contributed by atoms with Crippen LogP contribution in [-0.4, -0.2) is 31.6 Å². The number of carbonyl (C=O) groups is 2. The van der Waals surface area contributed by atoms with Crippen molar-refractivity contribution in [2.45, 2.75) is 38.3 Å². The molecule has 0 unspecified atom stereocenters. The number of aromatic nitrogens is 3. The number of halogens is 4. The normalized spacial score (nSPS) is 19.7. The van der Waals surface area contributed by atoms with Gasteiger partial charge in [-0.15, -0.1) is 0 Å². The van der Waals surface area contributed by atoms with Crippen molar-refractivity contribution in [2.75, 3.05) is 5.32 Å². The van der Waals surface area contributed by atoms with Crippen LogP contribution in [0.4, 0.5) is 23.2 Å². The monoisotopic (exact) mass is 540 g/mol. The highest BCUT2D eigenvalue weighted by molar-refractivity contribution is 5.95. The van der Waals surface area contributed by atoms with Crippen molar-refractivity contribution in [3.63, 3.8) is 0 Å². The van der Waals surface area contributed by atoms with Crippen molar-refractivity contribution >= 4 is 23.2 Å². The number of amides is 1. The largest absolute Gasteiger partial charge is 0.481 e. The molecule has 39 heavy (non-hydrogen) atoms. The number of hydrogen-bond donors (Lipinski definition) is 2. The van der Waals surface area contributed by atoms with Gasteiger partial charge >= 0.3 is 12.1 Å². The molecule has 3 atom stereocenters. The Bertz CT molecular complexity index is 1550. The van der Waals surface area contributed by atoms with Gasteiger partial charge in [-0.3, -0.25) is 9.59 Å². The summed E-state index contributed by atoms with van der Waals surface area (Å²) < 4.78 is 54.6. The third-order valence-electron chi connectivity index (χ3n) is 7.15. The quantitative estimate of drug-likeness (QED) is 0.299. The molecule has 0 spiro atoms. The standard InChI is InChI=1S/C28H24F4N4O3/c1-15-14-36-24(33-15)12-11-22(35-36)17-7-5-16(6-8-17)19-3-2-4-20(25(19)27(38)39)26(37)34-23-10-9-18(13-21(23)29)28(30,31)32/h5-14,19-20,25H,2-4H2,1H3,(H,34,37)(H,38,39)/t19-,20-,25-/m1/s1. The summed E-state index contributed by atoms with van der Waals surface area (Å²) in [5.74, 6) is -5.72. The highest BCUT2D eigenvalue weighted by atomic mass is 19.4. The molecule has 1 aliphatic rings. The first kappa shape index (κ1) is 26.3. The van der Waals surface area contributed by atoms with Crippen LogP contribution >= 0.6 is 0 Å². The van der Waals surface area contributed by atoms with Crippen molar-refractivity contribution in [1.82, 2.24) is 14.6 Å². The Morgan fingerprint density at radius 2 is 1.79 bits per heavy atom. The average molecular weight is 541 g/mol. The molecule has 2 heterocycles. The maximum atomic E-state index is 14.3. The fourth-order valence-electron chi connectivity index (χ4n) is 5.28. The fourth-order valence-corrected chi connectivity index (χ4v) is 5.28. The number of carboxylic acid groups (broad SMARTS) is 1. The van der Waals surface area contributed by atoms with E-state index in [-0.39, 0.29) is 6.42 Å². The summed E-state index contributed by atoms with van der Waals surface area (Å²) >= 11 is 0. The Morgan fingerprint density at radius 3 is 2.46 bits per heavy atom. The van der Waals surface area contributed by atoms with Gasteiger partial charge in [-0.1, -0.05) is 30.7 Å². The van der Waals surface area contributed by atoms with E-state index < -0.39 is 52.9 Å². The predicted molar refractivity (Wildman–Crippen MR) is 134 cm³/mol. The Kier molecular flexibility index (Phi) is 6.83. The summed E-state index contributed by atoms with van der Waals surface area (Å²) in [6.45, 7) is 1.87. The van der Waals surface area contributed by atoms with Gasteiger partial charge in [0.25, 0.3) is 0 Å². The van der Waals surface area contributed by atoms with E-state index >= 15 is 0 Å². The number of imidazole rings is 1. The molecule has 5 rings (SSSR count). The molecule has 2 aromatic carbocycles. The Labute approximate surface area is 220 Å². The van der Waals surface area contributed by atoms with Crippen LogP contribution in [-0.2, 0) is 15.8 Å². The molecule has 2 aromatic heterocycles. The van der Waals surface area contributed by atoms with Gasteiger partial charge < -0.3 is 10.4 Å². The molecule has 0 radical (unpaired) electrons. The number of fused-ring (bicyclic) bond motifs is 1. The number of nitrogens with one attached hydrogen (secondary N) is 1. The number of aliphatic carboxylic acids is 1.